The summed E-state index contributed by atoms with van der Waals surface area (Å²) < 4.78 is 5.85. The predicted molar refractivity (Wildman–Crippen MR) is 101 cm³/mol. The number of nitriles is 1. The number of ether oxygens (including phenoxy) is 1. The normalized spacial score (nSPS) is 10.6. The average Bonchev–Trinajstić information content (AvgIpc) is 3.09. The third kappa shape index (κ3) is 3.68. The molecule has 6 heteroatoms. The van der Waals surface area contributed by atoms with Crippen LogP contribution in [0.3, 0.4) is 0 Å². The Morgan fingerprint density at radius 1 is 1.04 bits per heavy atom. The lowest BCUT2D eigenvalue weighted by Crippen LogP contribution is -1.85. The number of nitrogens with one attached hydrogen (secondary N) is 1. The molecule has 0 aliphatic heterocycles. The highest BCUT2D eigenvalue weighted by Crippen LogP contribution is 2.26. The Bertz CT molecular complexity index is 1090. The average molecular weight is 358 g/mol. The van der Waals surface area contributed by atoms with Crippen molar-refractivity contribution >= 4 is 22.8 Å². The molecule has 0 saturated carbocycles. The van der Waals surface area contributed by atoms with Gasteiger partial charge in [0, 0.05) is 17.2 Å². The van der Waals surface area contributed by atoms with Gasteiger partial charge in [-0.25, -0.2) is 9.97 Å². The van der Waals surface area contributed by atoms with Gasteiger partial charge in [0.05, 0.1) is 16.8 Å². The number of benzene rings is 2. The van der Waals surface area contributed by atoms with Crippen LogP contribution in [-0.4, -0.2) is 15.0 Å². The second-order valence-electron chi connectivity index (χ2n) is 5.55. The molecule has 0 aliphatic carbocycles. The molecule has 126 valence electrons. The van der Waals surface area contributed by atoms with Gasteiger partial charge in [0.25, 0.3) is 0 Å². The fourth-order valence-electron chi connectivity index (χ4n) is 2.51. The summed E-state index contributed by atoms with van der Waals surface area (Å²) in [7, 11) is 0. The van der Waals surface area contributed by atoms with Gasteiger partial charge >= 0.3 is 0 Å². The highest BCUT2D eigenvalue weighted by Gasteiger charge is 2.06. The number of imidazole rings is 1. The number of aromatic nitrogens is 3. The third-order valence-corrected chi connectivity index (χ3v) is 4.71. The van der Waals surface area contributed by atoms with Crippen LogP contribution in [0.4, 0.5) is 0 Å². The van der Waals surface area contributed by atoms with Crippen molar-refractivity contribution < 1.29 is 4.74 Å². The van der Waals surface area contributed by atoms with Crippen LogP contribution in [0.1, 0.15) is 11.5 Å². The van der Waals surface area contributed by atoms with E-state index >= 15 is 0 Å². The second-order valence-corrected chi connectivity index (χ2v) is 6.60. The van der Waals surface area contributed by atoms with Crippen LogP contribution >= 0.6 is 11.8 Å². The van der Waals surface area contributed by atoms with Crippen LogP contribution in [0.25, 0.3) is 11.0 Å². The second kappa shape index (κ2) is 7.30. The molecule has 0 fully saturated rings. The van der Waals surface area contributed by atoms with Crippen molar-refractivity contribution in [3.63, 3.8) is 0 Å². The molecule has 0 saturated heterocycles. The summed E-state index contributed by atoms with van der Waals surface area (Å²) in [6.07, 6.45) is 1.65. The first-order chi connectivity index (χ1) is 12.8. The summed E-state index contributed by atoms with van der Waals surface area (Å²) in [6, 6.07) is 21.2. The summed E-state index contributed by atoms with van der Waals surface area (Å²) in [5.41, 5.74) is 2.25. The van der Waals surface area contributed by atoms with Crippen molar-refractivity contribution in [3.8, 4) is 17.6 Å². The van der Waals surface area contributed by atoms with Gasteiger partial charge in [-0.1, -0.05) is 18.2 Å². The molecule has 0 aliphatic rings. The van der Waals surface area contributed by atoms with Gasteiger partial charge < -0.3 is 9.72 Å². The van der Waals surface area contributed by atoms with E-state index in [2.05, 4.69) is 21.0 Å². The monoisotopic (exact) mass is 358 g/mol. The molecule has 26 heavy (non-hydrogen) atoms. The standard InChI is InChI=1S/C20H14N4OS/c21-12-14-10-17(8-9-22-14)26-13-20-23-18-7-6-16(11-19(18)24-20)25-15-4-2-1-3-5-15/h1-11H,13H2,(H,23,24). The third-order valence-electron chi connectivity index (χ3n) is 3.70. The maximum Gasteiger partial charge on any atom is 0.141 e. The molecule has 2 aromatic heterocycles. The van der Waals surface area contributed by atoms with E-state index in [9.17, 15) is 0 Å². The number of nitrogens with zero attached hydrogens (tertiary/aromatic N) is 3. The highest BCUT2D eigenvalue weighted by atomic mass is 32.2. The molecule has 5 nitrogen and oxygen atoms in total. The Hall–Kier alpha value is -3.30. The predicted octanol–water partition coefficient (Wildman–Crippen LogP) is 4.91. The maximum atomic E-state index is 8.92. The van der Waals surface area contributed by atoms with E-state index in [-0.39, 0.29) is 0 Å². The molecule has 0 spiro atoms. The van der Waals surface area contributed by atoms with E-state index in [1.54, 1.807) is 24.0 Å². The number of aromatic amines is 1. The zero-order valence-electron chi connectivity index (χ0n) is 13.7. The fraction of sp³-hybridized carbons (Fsp3) is 0.0500. The van der Waals surface area contributed by atoms with Crippen molar-refractivity contribution in [1.82, 2.24) is 15.0 Å². The van der Waals surface area contributed by atoms with Gasteiger partial charge in [-0.2, -0.15) is 5.26 Å². The van der Waals surface area contributed by atoms with Crippen LogP contribution in [-0.2, 0) is 5.75 Å². The van der Waals surface area contributed by atoms with Gasteiger partial charge in [-0.3, -0.25) is 0 Å². The van der Waals surface area contributed by atoms with Crippen molar-refractivity contribution in [2.24, 2.45) is 0 Å². The Kier molecular flexibility index (Phi) is 4.54. The number of rotatable bonds is 5. The molecule has 0 radical (unpaired) electrons. The number of hydrogen-bond donors (Lipinski definition) is 1. The van der Waals surface area contributed by atoms with Crippen LogP contribution in [0.2, 0.25) is 0 Å². The van der Waals surface area contributed by atoms with E-state index in [0.717, 1.165) is 33.3 Å². The molecule has 0 atom stereocenters. The van der Waals surface area contributed by atoms with E-state index in [1.165, 1.54) is 0 Å². The minimum absolute atomic E-state index is 0.419. The minimum atomic E-state index is 0.419. The Morgan fingerprint density at radius 2 is 1.92 bits per heavy atom. The number of thioether (sulfide) groups is 1. The minimum Gasteiger partial charge on any atom is -0.457 e. The Morgan fingerprint density at radius 3 is 2.77 bits per heavy atom. The maximum absolute atomic E-state index is 8.92. The summed E-state index contributed by atoms with van der Waals surface area (Å²) in [6.45, 7) is 0. The first-order valence-electron chi connectivity index (χ1n) is 8.01. The quantitative estimate of drug-likeness (QED) is 0.513. The molecule has 4 aromatic rings. The fourth-order valence-corrected chi connectivity index (χ4v) is 3.30. The Balaban J connectivity index is 1.49. The topological polar surface area (TPSA) is 74.6 Å². The number of para-hydroxylation sites is 1. The van der Waals surface area contributed by atoms with E-state index in [0.29, 0.717) is 11.4 Å². The number of hydrogen-bond acceptors (Lipinski definition) is 5. The zero-order valence-corrected chi connectivity index (χ0v) is 14.5. The van der Waals surface area contributed by atoms with Crippen molar-refractivity contribution in [2.45, 2.75) is 10.6 Å². The highest BCUT2D eigenvalue weighted by molar-refractivity contribution is 7.98. The van der Waals surface area contributed by atoms with Crippen LogP contribution in [0, 0.1) is 11.3 Å². The lowest BCUT2D eigenvalue weighted by molar-refractivity contribution is 0.483. The van der Waals surface area contributed by atoms with Gasteiger partial charge in [0.1, 0.15) is 29.1 Å². The first-order valence-corrected chi connectivity index (χ1v) is 8.99. The zero-order chi connectivity index (χ0) is 17.8. The largest absolute Gasteiger partial charge is 0.457 e. The van der Waals surface area contributed by atoms with Gasteiger partial charge in [-0.15, -0.1) is 11.8 Å². The summed E-state index contributed by atoms with van der Waals surface area (Å²) in [5, 5.41) is 8.92. The lowest BCUT2D eigenvalue weighted by Gasteiger charge is -2.04. The Labute approximate surface area is 154 Å². The molecule has 0 bridgehead atoms. The molecule has 2 heterocycles. The van der Waals surface area contributed by atoms with Crippen molar-refractivity contribution in [1.29, 1.82) is 5.26 Å². The molecular weight excluding hydrogens is 344 g/mol. The molecule has 0 unspecified atom stereocenters. The number of pyridine rings is 1. The van der Waals surface area contributed by atoms with E-state index < -0.39 is 0 Å². The summed E-state index contributed by atoms with van der Waals surface area (Å²) in [5.74, 6) is 3.10. The number of H-pyrrole nitrogens is 1. The molecule has 4 rings (SSSR count). The summed E-state index contributed by atoms with van der Waals surface area (Å²) in [4.78, 5) is 12.9. The smallest absolute Gasteiger partial charge is 0.141 e. The molecule has 1 N–H and O–H groups in total. The molecular formula is C20H14N4OS. The van der Waals surface area contributed by atoms with Crippen molar-refractivity contribution in [2.75, 3.05) is 0 Å². The first kappa shape index (κ1) is 16.2. The number of fused-ring (bicyclic) bond motifs is 1. The van der Waals surface area contributed by atoms with Crippen LogP contribution in [0.5, 0.6) is 11.5 Å². The van der Waals surface area contributed by atoms with Crippen LogP contribution < -0.4 is 4.74 Å². The summed E-state index contributed by atoms with van der Waals surface area (Å²) >= 11 is 1.61. The SMILES string of the molecule is N#Cc1cc(SCc2nc3cc(Oc4ccccc4)ccc3[nH]2)ccn1. The lowest BCUT2D eigenvalue weighted by atomic mass is 10.3. The van der Waals surface area contributed by atoms with Crippen molar-refractivity contribution in [3.05, 3.63) is 78.4 Å². The molecule has 2 aromatic carbocycles. The van der Waals surface area contributed by atoms with E-state index in [4.69, 9.17) is 10.00 Å². The van der Waals surface area contributed by atoms with Gasteiger partial charge in [0.2, 0.25) is 0 Å². The molecule has 0 amide bonds. The van der Waals surface area contributed by atoms with Crippen LogP contribution in [0.15, 0.2) is 71.8 Å². The van der Waals surface area contributed by atoms with Gasteiger partial charge in [0.15, 0.2) is 0 Å². The van der Waals surface area contributed by atoms with Gasteiger partial charge in [-0.05, 0) is 36.4 Å². The van der Waals surface area contributed by atoms with E-state index in [1.807, 2.05) is 54.6 Å².